The Bertz CT molecular complexity index is 549. The lowest BCUT2D eigenvalue weighted by Gasteiger charge is -2.32. The molecule has 1 amide bonds. The monoisotopic (exact) mass is 326 g/mol. The maximum absolute atomic E-state index is 11.7. The number of hydrogen-bond donors (Lipinski definition) is 1. The molecule has 1 N–H and O–H groups in total. The number of anilines is 1. The highest BCUT2D eigenvalue weighted by Crippen LogP contribution is 2.36. The molecule has 1 aromatic heterocycles. The van der Waals surface area contributed by atoms with Crippen LogP contribution in [0.1, 0.15) is 48.5 Å². The van der Waals surface area contributed by atoms with Gasteiger partial charge in [0.2, 0.25) is 0 Å². The predicted molar refractivity (Wildman–Crippen MR) is 87.7 cm³/mol. The van der Waals surface area contributed by atoms with Crippen molar-refractivity contribution in [1.82, 2.24) is 4.98 Å². The Balaban J connectivity index is 2.03. The van der Waals surface area contributed by atoms with Gasteiger partial charge in [0.25, 0.3) is 0 Å². The quantitative estimate of drug-likeness (QED) is 0.846. The number of hydrogen-bond acceptors (Lipinski definition) is 6. The third-order valence-corrected chi connectivity index (χ3v) is 4.40. The van der Waals surface area contributed by atoms with Gasteiger partial charge in [0.05, 0.1) is 16.8 Å². The van der Waals surface area contributed by atoms with Crippen molar-refractivity contribution in [3.63, 3.8) is 0 Å². The number of ether oxygens (including phenoxy) is 1. The van der Waals surface area contributed by atoms with Crippen LogP contribution >= 0.6 is 11.3 Å². The maximum Gasteiger partial charge on any atom is 0.515 e. The highest BCUT2D eigenvalue weighted by atomic mass is 32.1. The molecule has 0 radical (unpaired) electrons. The third kappa shape index (κ3) is 3.80. The van der Waals surface area contributed by atoms with Crippen molar-refractivity contribution in [2.45, 2.75) is 65.3 Å². The van der Waals surface area contributed by atoms with E-state index >= 15 is 0 Å². The van der Waals surface area contributed by atoms with Crippen molar-refractivity contribution in [2.75, 3.05) is 5.32 Å². The maximum atomic E-state index is 11.7. The van der Waals surface area contributed by atoms with E-state index in [9.17, 15) is 4.79 Å². The molecule has 0 saturated carbocycles. The van der Waals surface area contributed by atoms with E-state index in [1.165, 1.54) is 11.3 Å². The topological polar surface area (TPSA) is 69.7 Å². The smallest absolute Gasteiger partial charge is 0.444 e. The van der Waals surface area contributed by atoms with Crippen LogP contribution in [0.4, 0.5) is 9.93 Å². The molecule has 1 saturated heterocycles. The lowest BCUT2D eigenvalue weighted by molar-refractivity contribution is 0.00578. The van der Waals surface area contributed by atoms with Crippen LogP contribution in [0.3, 0.4) is 0 Å². The van der Waals surface area contributed by atoms with Crippen molar-refractivity contribution in [3.05, 3.63) is 5.38 Å². The van der Waals surface area contributed by atoms with Crippen LogP contribution in [-0.2, 0) is 14.0 Å². The van der Waals surface area contributed by atoms with Crippen LogP contribution in [0.2, 0.25) is 0 Å². The number of aromatic nitrogens is 1. The van der Waals surface area contributed by atoms with Crippen molar-refractivity contribution >= 4 is 35.3 Å². The summed E-state index contributed by atoms with van der Waals surface area (Å²) >= 11 is 1.31. The molecule has 1 aliphatic heterocycles. The van der Waals surface area contributed by atoms with Crippen molar-refractivity contribution < 1.29 is 18.8 Å². The minimum Gasteiger partial charge on any atom is -0.444 e. The second kappa shape index (κ2) is 5.51. The predicted octanol–water partition coefficient (Wildman–Crippen LogP) is 2.79. The van der Waals surface area contributed by atoms with Crippen molar-refractivity contribution in [3.8, 4) is 0 Å². The van der Waals surface area contributed by atoms with Gasteiger partial charge < -0.3 is 14.0 Å². The average molecular weight is 326 g/mol. The lowest BCUT2D eigenvalue weighted by atomic mass is 9.86. The summed E-state index contributed by atoms with van der Waals surface area (Å²) in [6, 6.07) is 0. The van der Waals surface area contributed by atoms with Gasteiger partial charge >= 0.3 is 13.2 Å². The molecular formula is C14H23BN2O4S. The largest absolute Gasteiger partial charge is 0.515 e. The lowest BCUT2D eigenvalue weighted by Crippen LogP contribution is -2.41. The molecule has 6 nitrogen and oxygen atoms in total. The summed E-state index contributed by atoms with van der Waals surface area (Å²) < 4.78 is 17.1. The first-order valence-electron chi connectivity index (χ1n) is 7.21. The third-order valence-electron chi connectivity index (χ3n) is 3.62. The summed E-state index contributed by atoms with van der Waals surface area (Å²) in [7, 11) is -0.532. The average Bonchev–Trinajstić information content (AvgIpc) is 2.79. The van der Waals surface area contributed by atoms with Gasteiger partial charge in [-0.3, -0.25) is 5.32 Å². The number of carbonyl (C=O) groups excluding carboxylic acids is 1. The van der Waals surface area contributed by atoms with Gasteiger partial charge in [-0.2, -0.15) is 0 Å². The minimum absolute atomic E-state index is 0.417. The first kappa shape index (κ1) is 17.2. The minimum atomic E-state index is -0.546. The molecule has 1 aromatic rings. The van der Waals surface area contributed by atoms with Crippen LogP contribution in [-0.4, -0.2) is 35.0 Å². The van der Waals surface area contributed by atoms with E-state index < -0.39 is 30.0 Å². The second-order valence-electron chi connectivity index (χ2n) is 7.29. The summed E-state index contributed by atoms with van der Waals surface area (Å²) in [4.78, 5) is 16.1. The highest BCUT2D eigenvalue weighted by Gasteiger charge is 2.52. The summed E-state index contributed by atoms with van der Waals surface area (Å²) in [5.41, 5.74) is -0.731. The van der Waals surface area contributed by atoms with Crippen molar-refractivity contribution in [1.29, 1.82) is 0 Å². The molecule has 0 unspecified atom stereocenters. The Morgan fingerprint density at radius 3 is 2.32 bits per heavy atom. The van der Waals surface area contributed by atoms with E-state index in [4.69, 9.17) is 14.0 Å². The highest BCUT2D eigenvalue weighted by molar-refractivity contribution is 7.14. The van der Waals surface area contributed by atoms with Gasteiger partial charge in [0.1, 0.15) is 5.60 Å². The second-order valence-corrected chi connectivity index (χ2v) is 8.15. The van der Waals surface area contributed by atoms with E-state index in [0.29, 0.717) is 10.7 Å². The zero-order chi connectivity index (χ0) is 16.8. The Hall–Kier alpha value is -1.12. The van der Waals surface area contributed by atoms with Gasteiger partial charge in [-0.1, -0.05) is 0 Å². The van der Waals surface area contributed by atoms with Gasteiger partial charge in [0, 0.05) is 5.38 Å². The molecule has 22 heavy (non-hydrogen) atoms. The first-order chi connectivity index (χ1) is 9.90. The van der Waals surface area contributed by atoms with Gasteiger partial charge in [0.15, 0.2) is 5.13 Å². The molecule has 8 heteroatoms. The van der Waals surface area contributed by atoms with Crippen molar-refractivity contribution in [2.24, 2.45) is 0 Å². The number of carbonyl (C=O) groups is 1. The van der Waals surface area contributed by atoms with E-state index in [-0.39, 0.29) is 0 Å². The molecule has 1 aliphatic rings. The normalized spacial score (nSPS) is 20.0. The fourth-order valence-electron chi connectivity index (χ4n) is 1.81. The van der Waals surface area contributed by atoms with E-state index in [2.05, 4.69) is 10.3 Å². The number of rotatable bonds is 2. The molecule has 0 atom stereocenters. The van der Waals surface area contributed by atoms with Gasteiger partial charge in [-0.25, -0.2) is 9.78 Å². The first-order valence-corrected chi connectivity index (χ1v) is 8.09. The summed E-state index contributed by atoms with van der Waals surface area (Å²) in [6.45, 7) is 13.4. The molecule has 122 valence electrons. The Labute approximate surface area is 135 Å². The summed E-state index contributed by atoms with van der Waals surface area (Å²) in [5.74, 6) is 0. The molecule has 0 aromatic carbocycles. The van der Waals surface area contributed by atoms with E-state index in [0.717, 1.165) is 0 Å². The number of nitrogens with one attached hydrogen (secondary N) is 1. The zero-order valence-electron chi connectivity index (χ0n) is 14.1. The summed E-state index contributed by atoms with van der Waals surface area (Å²) in [6.07, 6.45) is -0.526. The molecule has 0 spiro atoms. The van der Waals surface area contributed by atoms with E-state index in [1.807, 2.05) is 53.8 Å². The zero-order valence-corrected chi connectivity index (χ0v) is 15.0. The van der Waals surface area contributed by atoms with Crippen LogP contribution in [0.15, 0.2) is 5.38 Å². The fraction of sp³-hybridized carbons (Fsp3) is 0.714. The number of nitrogens with zero attached hydrogens (tertiary/aromatic N) is 1. The van der Waals surface area contributed by atoms with Crippen LogP contribution in [0.5, 0.6) is 0 Å². The van der Waals surface area contributed by atoms with E-state index in [1.54, 1.807) is 0 Å². The Kier molecular flexibility index (Phi) is 4.32. The number of thiazole rings is 1. The van der Waals surface area contributed by atoms with Gasteiger partial charge in [-0.05, 0) is 48.5 Å². The molecule has 2 rings (SSSR count). The fourth-order valence-corrected chi connectivity index (χ4v) is 2.50. The Morgan fingerprint density at radius 2 is 1.82 bits per heavy atom. The van der Waals surface area contributed by atoms with Crippen LogP contribution < -0.4 is 10.9 Å². The molecule has 2 heterocycles. The standard InChI is InChI=1S/C14H23BN2O4S/c1-12(2,3)19-11(18)17-10-16-9(8-22-10)15-20-13(4,5)14(6,7)21-15/h8H,1-7H3,(H,16,17,18). The van der Waals surface area contributed by atoms with Crippen LogP contribution in [0, 0.1) is 0 Å². The van der Waals surface area contributed by atoms with Gasteiger partial charge in [-0.15, -0.1) is 11.3 Å². The Morgan fingerprint density at radius 1 is 1.27 bits per heavy atom. The molecule has 0 aliphatic carbocycles. The summed E-state index contributed by atoms with van der Waals surface area (Å²) in [5, 5.41) is 4.89. The molecule has 1 fully saturated rings. The number of amides is 1. The molecule has 0 bridgehead atoms. The molecular weight excluding hydrogens is 303 g/mol. The SMILES string of the molecule is CC(C)(C)OC(=O)Nc1nc(B2OC(C)(C)C(C)(C)O2)cs1. The van der Waals surface area contributed by atoms with Crippen LogP contribution in [0.25, 0.3) is 0 Å².